The van der Waals surface area contributed by atoms with Crippen molar-refractivity contribution in [2.45, 2.75) is 13.0 Å². The molecule has 1 atom stereocenters. The van der Waals surface area contributed by atoms with Crippen LogP contribution in [0.2, 0.25) is 0 Å². The first-order valence-electron chi connectivity index (χ1n) is 8.58. The highest BCUT2D eigenvalue weighted by Crippen LogP contribution is 2.26. The summed E-state index contributed by atoms with van der Waals surface area (Å²) in [5.74, 6) is -0.825. The molecule has 0 fully saturated rings. The Labute approximate surface area is 161 Å². The normalized spacial score (nSPS) is 11.7. The number of hydrogen-bond acceptors (Lipinski definition) is 7. The van der Waals surface area contributed by atoms with Crippen LogP contribution in [0.15, 0.2) is 48.8 Å². The molecule has 0 spiro atoms. The molecule has 1 amide bonds. The molecule has 144 valence electrons. The highest BCUT2D eigenvalue weighted by molar-refractivity contribution is 5.98. The largest absolute Gasteiger partial charge is 0.366 e. The highest BCUT2D eigenvalue weighted by atomic mass is 19.1. The van der Waals surface area contributed by atoms with E-state index in [1.807, 2.05) is 6.07 Å². The van der Waals surface area contributed by atoms with Gasteiger partial charge in [-0.25, -0.2) is 19.3 Å². The summed E-state index contributed by atoms with van der Waals surface area (Å²) >= 11 is 0. The van der Waals surface area contributed by atoms with Crippen LogP contribution in [0.3, 0.4) is 0 Å². The smallest absolute Gasteiger partial charge is 0.252 e. The van der Waals surface area contributed by atoms with Crippen LogP contribution in [0.25, 0.3) is 11.4 Å². The molecular weight excluding hydrogens is 361 g/mol. The number of carbonyl (C=O) groups excluding carboxylic acids is 1. The number of pyridine rings is 1. The Morgan fingerprint density at radius 3 is 2.61 bits per heavy atom. The predicted octanol–water partition coefficient (Wildman–Crippen LogP) is 2.28. The van der Waals surface area contributed by atoms with Gasteiger partial charge in [0.05, 0.1) is 5.56 Å². The third-order valence-corrected chi connectivity index (χ3v) is 3.78. The molecule has 1 aromatic carbocycles. The van der Waals surface area contributed by atoms with Crippen LogP contribution in [0.4, 0.5) is 21.7 Å². The Kier molecular flexibility index (Phi) is 5.75. The molecule has 28 heavy (non-hydrogen) atoms. The molecule has 0 bridgehead atoms. The quantitative estimate of drug-likeness (QED) is 0.493. The minimum absolute atomic E-state index is 0.0210. The molecular formula is C19H20FN7O. The molecule has 2 aromatic heterocycles. The van der Waals surface area contributed by atoms with Gasteiger partial charge in [0.25, 0.3) is 5.91 Å². The molecule has 0 aliphatic heterocycles. The van der Waals surface area contributed by atoms with Gasteiger partial charge in [0, 0.05) is 36.2 Å². The van der Waals surface area contributed by atoms with Gasteiger partial charge >= 0.3 is 0 Å². The zero-order chi connectivity index (χ0) is 20.1. The second-order valence-corrected chi connectivity index (χ2v) is 6.22. The first kappa shape index (κ1) is 19.2. The van der Waals surface area contributed by atoms with Gasteiger partial charge in [-0.3, -0.25) is 4.79 Å². The highest BCUT2D eigenvalue weighted by Gasteiger charge is 2.16. The average Bonchev–Trinajstić information content (AvgIpc) is 2.68. The molecule has 3 rings (SSSR count). The molecule has 0 saturated carbocycles. The SMILES string of the molecule is C[C@H](N)CNc1nc(Nc2cccc(-c3ncccn3)c2)c(C(N)=O)cc1F. The molecule has 9 heteroatoms. The average molecular weight is 381 g/mol. The maximum absolute atomic E-state index is 14.2. The molecule has 2 heterocycles. The first-order valence-corrected chi connectivity index (χ1v) is 8.58. The van der Waals surface area contributed by atoms with Gasteiger partial charge in [0.15, 0.2) is 17.5 Å². The maximum Gasteiger partial charge on any atom is 0.252 e. The summed E-state index contributed by atoms with van der Waals surface area (Å²) in [5.41, 5.74) is 12.4. The minimum Gasteiger partial charge on any atom is -0.366 e. The third-order valence-electron chi connectivity index (χ3n) is 3.78. The molecule has 0 saturated heterocycles. The number of halogens is 1. The van der Waals surface area contributed by atoms with E-state index in [0.29, 0.717) is 18.1 Å². The Hall–Kier alpha value is -3.59. The fraction of sp³-hybridized carbons (Fsp3) is 0.158. The zero-order valence-electron chi connectivity index (χ0n) is 15.2. The fourth-order valence-corrected chi connectivity index (χ4v) is 2.47. The molecule has 6 N–H and O–H groups in total. The number of primary amides is 1. The van der Waals surface area contributed by atoms with Crippen LogP contribution in [-0.2, 0) is 0 Å². The number of anilines is 3. The lowest BCUT2D eigenvalue weighted by Crippen LogP contribution is -2.26. The van der Waals surface area contributed by atoms with Gasteiger partial charge in [-0.2, -0.15) is 0 Å². The van der Waals surface area contributed by atoms with Gasteiger partial charge in [-0.05, 0) is 31.2 Å². The summed E-state index contributed by atoms with van der Waals surface area (Å²) in [5, 5.41) is 5.83. The van der Waals surface area contributed by atoms with Gasteiger partial charge in [-0.1, -0.05) is 12.1 Å². The topological polar surface area (TPSA) is 132 Å². The summed E-state index contributed by atoms with van der Waals surface area (Å²) < 4.78 is 14.2. The third kappa shape index (κ3) is 4.57. The number of carbonyl (C=O) groups is 1. The Balaban J connectivity index is 1.94. The first-order chi connectivity index (χ1) is 13.4. The van der Waals surface area contributed by atoms with Gasteiger partial charge < -0.3 is 22.1 Å². The van der Waals surface area contributed by atoms with Crippen LogP contribution >= 0.6 is 0 Å². The van der Waals surface area contributed by atoms with Crippen molar-refractivity contribution in [2.24, 2.45) is 11.5 Å². The van der Waals surface area contributed by atoms with Crippen molar-refractivity contribution in [1.29, 1.82) is 0 Å². The number of nitrogens with zero attached hydrogens (tertiary/aromatic N) is 3. The minimum atomic E-state index is -0.796. The van der Waals surface area contributed by atoms with Gasteiger partial charge in [0.1, 0.15) is 5.82 Å². The number of nitrogens with one attached hydrogen (secondary N) is 2. The lowest BCUT2D eigenvalue weighted by atomic mass is 10.1. The van der Waals surface area contributed by atoms with E-state index in [9.17, 15) is 9.18 Å². The molecule has 8 nitrogen and oxygen atoms in total. The predicted molar refractivity (Wildman–Crippen MR) is 106 cm³/mol. The van der Waals surface area contributed by atoms with Crippen LogP contribution in [-0.4, -0.2) is 33.4 Å². The molecule has 0 aliphatic carbocycles. The standard InChI is InChI=1S/C19H20FN7O/c1-11(21)10-25-19-15(20)9-14(16(22)28)18(27-19)26-13-5-2-4-12(8-13)17-23-6-3-7-24-17/h2-9,11H,10,21H2,1H3,(H2,22,28)(H2,25,26,27)/t11-/m0/s1. The van der Waals surface area contributed by atoms with Crippen molar-refractivity contribution in [3.63, 3.8) is 0 Å². The van der Waals surface area contributed by atoms with E-state index in [-0.39, 0.29) is 23.2 Å². The van der Waals surface area contributed by atoms with Crippen LogP contribution in [0, 0.1) is 5.82 Å². The van der Waals surface area contributed by atoms with Crippen molar-refractivity contribution in [2.75, 3.05) is 17.2 Å². The molecule has 0 unspecified atom stereocenters. The summed E-state index contributed by atoms with van der Waals surface area (Å²) in [6, 6.07) is 9.79. The number of aromatic nitrogens is 3. The van der Waals surface area contributed by atoms with Gasteiger partial charge in [-0.15, -0.1) is 0 Å². The number of nitrogens with two attached hydrogens (primary N) is 2. The number of amides is 1. The van der Waals surface area contributed by atoms with Gasteiger partial charge in [0.2, 0.25) is 0 Å². The van der Waals surface area contributed by atoms with Crippen LogP contribution < -0.4 is 22.1 Å². The second-order valence-electron chi connectivity index (χ2n) is 6.22. The van der Waals surface area contributed by atoms with Crippen molar-refractivity contribution in [3.8, 4) is 11.4 Å². The van der Waals surface area contributed by atoms with Crippen molar-refractivity contribution in [3.05, 3.63) is 60.2 Å². The summed E-state index contributed by atoms with van der Waals surface area (Å²) in [6.45, 7) is 2.10. The lowest BCUT2D eigenvalue weighted by molar-refractivity contribution is 0.100. The molecule has 0 aliphatic rings. The zero-order valence-corrected chi connectivity index (χ0v) is 15.2. The number of rotatable bonds is 7. The number of benzene rings is 1. The van der Waals surface area contributed by atoms with Crippen LogP contribution in [0.1, 0.15) is 17.3 Å². The summed E-state index contributed by atoms with van der Waals surface area (Å²) in [6.07, 6.45) is 3.29. The Morgan fingerprint density at radius 1 is 1.18 bits per heavy atom. The summed E-state index contributed by atoms with van der Waals surface area (Å²) in [7, 11) is 0. The van der Waals surface area contributed by atoms with Crippen molar-refractivity contribution < 1.29 is 9.18 Å². The van der Waals surface area contributed by atoms with E-state index < -0.39 is 11.7 Å². The lowest BCUT2D eigenvalue weighted by Gasteiger charge is -2.14. The van der Waals surface area contributed by atoms with E-state index in [2.05, 4.69) is 25.6 Å². The molecule has 0 radical (unpaired) electrons. The second kappa shape index (κ2) is 8.40. The fourth-order valence-electron chi connectivity index (χ4n) is 2.47. The van der Waals surface area contributed by atoms with Crippen molar-refractivity contribution >= 4 is 23.2 Å². The van der Waals surface area contributed by atoms with E-state index >= 15 is 0 Å². The van der Waals surface area contributed by atoms with E-state index in [4.69, 9.17) is 11.5 Å². The van der Waals surface area contributed by atoms with Crippen LogP contribution in [0.5, 0.6) is 0 Å². The Morgan fingerprint density at radius 2 is 1.93 bits per heavy atom. The van der Waals surface area contributed by atoms with Crippen molar-refractivity contribution in [1.82, 2.24) is 15.0 Å². The monoisotopic (exact) mass is 381 g/mol. The Bertz CT molecular complexity index is 979. The molecule has 3 aromatic rings. The van der Waals surface area contributed by atoms with E-state index in [1.165, 1.54) is 0 Å². The summed E-state index contributed by atoms with van der Waals surface area (Å²) in [4.78, 5) is 24.3. The van der Waals surface area contributed by atoms with E-state index in [1.54, 1.807) is 43.6 Å². The van der Waals surface area contributed by atoms with E-state index in [0.717, 1.165) is 11.6 Å². The maximum atomic E-state index is 14.2. The number of hydrogen-bond donors (Lipinski definition) is 4.